The minimum atomic E-state index is -0.315. The molecule has 4 rings (SSSR count). The van der Waals surface area contributed by atoms with Gasteiger partial charge in [-0.2, -0.15) is 0 Å². The largest absolute Gasteiger partial charge is 0.490 e. The number of carbonyl (C=O) groups is 3. The van der Waals surface area contributed by atoms with E-state index in [9.17, 15) is 14.4 Å². The van der Waals surface area contributed by atoms with Crippen LogP contribution in [0.15, 0.2) is 47.4 Å². The molecule has 0 radical (unpaired) electrons. The first kappa shape index (κ1) is 23.9. The summed E-state index contributed by atoms with van der Waals surface area (Å²) in [4.78, 5) is 41.1. The van der Waals surface area contributed by atoms with Crippen molar-refractivity contribution in [3.05, 3.63) is 64.1 Å². The number of amides is 3. The van der Waals surface area contributed by atoms with E-state index in [1.807, 2.05) is 38.1 Å². The van der Waals surface area contributed by atoms with E-state index in [0.29, 0.717) is 28.6 Å². The zero-order valence-electron chi connectivity index (χ0n) is 19.4. The number of nitrogens with zero attached hydrogens (tertiary/aromatic N) is 2. The molecule has 0 bridgehead atoms. The van der Waals surface area contributed by atoms with Crippen LogP contribution in [0.3, 0.4) is 0 Å². The van der Waals surface area contributed by atoms with Crippen LogP contribution >= 0.6 is 11.8 Å². The first-order valence-electron chi connectivity index (χ1n) is 11.4. The highest BCUT2D eigenvalue weighted by molar-refractivity contribution is 8.18. The Morgan fingerprint density at radius 3 is 2.47 bits per heavy atom. The molecule has 178 valence electrons. The SMILES string of the molecule is CCOc1cc(/C=C2\SC(=O)N(Cc3ccc(C)cc3)C2=O)ccc1OCC(=O)N1CCCC1. The molecule has 2 aliphatic rings. The van der Waals surface area contributed by atoms with Gasteiger partial charge < -0.3 is 14.4 Å². The summed E-state index contributed by atoms with van der Waals surface area (Å²) in [7, 11) is 0. The molecule has 2 aliphatic heterocycles. The normalized spacial score (nSPS) is 17.1. The zero-order valence-corrected chi connectivity index (χ0v) is 20.2. The van der Waals surface area contributed by atoms with Crippen LogP contribution in [0.25, 0.3) is 6.08 Å². The molecular formula is C26H28N2O5S. The smallest absolute Gasteiger partial charge is 0.293 e. The molecule has 2 aromatic rings. The van der Waals surface area contributed by atoms with Gasteiger partial charge >= 0.3 is 0 Å². The maximum Gasteiger partial charge on any atom is 0.293 e. The first-order chi connectivity index (χ1) is 16.4. The van der Waals surface area contributed by atoms with E-state index in [-0.39, 0.29) is 30.2 Å². The summed E-state index contributed by atoms with van der Waals surface area (Å²) in [6.45, 7) is 6.03. The molecule has 0 unspecified atom stereocenters. The predicted molar refractivity (Wildman–Crippen MR) is 132 cm³/mol. The number of likely N-dealkylation sites (tertiary alicyclic amines) is 1. The molecule has 2 aromatic carbocycles. The van der Waals surface area contributed by atoms with E-state index in [0.717, 1.165) is 48.8 Å². The number of hydrogen-bond donors (Lipinski definition) is 0. The Bertz CT molecular complexity index is 1110. The number of aryl methyl sites for hydroxylation is 1. The van der Waals surface area contributed by atoms with Crippen LogP contribution in [0.4, 0.5) is 4.79 Å². The third-order valence-electron chi connectivity index (χ3n) is 5.71. The highest BCUT2D eigenvalue weighted by Crippen LogP contribution is 2.35. The van der Waals surface area contributed by atoms with Crippen molar-refractivity contribution in [3.8, 4) is 11.5 Å². The Labute approximate surface area is 203 Å². The average Bonchev–Trinajstić information content (AvgIpc) is 3.45. The molecule has 0 aromatic heterocycles. The second-order valence-corrected chi connectivity index (χ2v) is 9.26. The standard InChI is InChI=1S/C26H28N2O5S/c1-3-32-22-14-20(10-11-21(22)33-17-24(29)27-12-4-5-13-27)15-23-25(30)28(26(31)34-23)16-19-8-6-18(2)7-9-19/h6-11,14-15H,3-5,12-13,16-17H2,1-2H3/b23-15-. The summed E-state index contributed by atoms with van der Waals surface area (Å²) >= 11 is 0.927. The fraction of sp³-hybridized carbons (Fsp3) is 0.346. The molecule has 0 N–H and O–H groups in total. The Balaban J connectivity index is 1.46. The van der Waals surface area contributed by atoms with Crippen molar-refractivity contribution in [2.24, 2.45) is 0 Å². The minimum Gasteiger partial charge on any atom is -0.490 e. The summed E-state index contributed by atoms with van der Waals surface area (Å²) in [6.07, 6.45) is 3.74. The third-order valence-corrected chi connectivity index (χ3v) is 6.62. The van der Waals surface area contributed by atoms with Gasteiger partial charge in [0.05, 0.1) is 18.1 Å². The molecule has 0 saturated carbocycles. The Kier molecular flexibility index (Phi) is 7.57. The maximum absolute atomic E-state index is 12.9. The molecular weight excluding hydrogens is 452 g/mol. The lowest BCUT2D eigenvalue weighted by Crippen LogP contribution is -2.32. The highest BCUT2D eigenvalue weighted by Gasteiger charge is 2.35. The number of hydrogen-bond acceptors (Lipinski definition) is 6. The van der Waals surface area contributed by atoms with Gasteiger partial charge in [-0.1, -0.05) is 35.9 Å². The van der Waals surface area contributed by atoms with Gasteiger partial charge in [0.25, 0.3) is 17.1 Å². The fourth-order valence-electron chi connectivity index (χ4n) is 3.86. The van der Waals surface area contributed by atoms with Crippen LogP contribution in [0.1, 0.15) is 36.5 Å². The lowest BCUT2D eigenvalue weighted by Gasteiger charge is -2.17. The number of ether oxygens (including phenoxy) is 2. The molecule has 8 heteroatoms. The van der Waals surface area contributed by atoms with Gasteiger partial charge in [0.2, 0.25) is 0 Å². The molecule has 0 spiro atoms. The van der Waals surface area contributed by atoms with Crippen molar-refractivity contribution < 1.29 is 23.9 Å². The van der Waals surface area contributed by atoms with Crippen molar-refractivity contribution in [1.82, 2.24) is 9.80 Å². The summed E-state index contributed by atoms with van der Waals surface area (Å²) in [5.41, 5.74) is 2.73. The van der Waals surface area contributed by atoms with Crippen LogP contribution in [0, 0.1) is 6.92 Å². The Morgan fingerprint density at radius 1 is 1.03 bits per heavy atom. The second kappa shape index (κ2) is 10.8. The lowest BCUT2D eigenvalue weighted by atomic mass is 10.1. The molecule has 3 amide bonds. The maximum atomic E-state index is 12.9. The fourth-order valence-corrected chi connectivity index (χ4v) is 4.70. The van der Waals surface area contributed by atoms with Gasteiger partial charge in [-0.25, -0.2) is 0 Å². The van der Waals surface area contributed by atoms with Crippen LogP contribution in [-0.2, 0) is 16.1 Å². The first-order valence-corrected chi connectivity index (χ1v) is 12.2. The molecule has 2 saturated heterocycles. The third kappa shape index (κ3) is 5.62. The number of thioether (sulfide) groups is 1. The van der Waals surface area contributed by atoms with Gasteiger partial charge in [0.1, 0.15) is 0 Å². The van der Waals surface area contributed by atoms with Crippen molar-refractivity contribution in [3.63, 3.8) is 0 Å². The summed E-state index contributed by atoms with van der Waals surface area (Å²) in [5, 5.41) is -0.290. The van der Waals surface area contributed by atoms with Crippen LogP contribution in [0.5, 0.6) is 11.5 Å². The molecule has 7 nitrogen and oxygen atoms in total. The molecule has 0 atom stereocenters. The van der Waals surface area contributed by atoms with Crippen molar-refractivity contribution in [2.75, 3.05) is 26.3 Å². The second-order valence-electron chi connectivity index (χ2n) is 8.27. The Morgan fingerprint density at radius 2 is 1.76 bits per heavy atom. The number of carbonyl (C=O) groups excluding carboxylic acids is 3. The monoisotopic (exact) mass is 480 g/mol. The summed E-state index contributed by atoms with van der Waals surface area (Å²) in [6, 6.07) is 13.0. The van der Waals surface area contributed by atoms with Gasteiger partial charge in [-0.3, -0.25) is 19.3 Å². The topological polar surface area (TPSA) is 76.1 Å². The van der Waals surface area contributed by atoms with Crippen LogP contribution < -0.4 is 9.47 Å². The van der Waals surface area contributed by atoms with E-state index < -0.39 is 0 Å². The minimum absolute atomic E-state index is 0.0359. The molecule has 34 heavy (non-hydrogen) atoms. The quantitative estimate of drug-likeness (QED) is 0.513. The van der Waals surface area contributed by atoms with Gasteiger partial charge in [-0.05, 0) is 67.8 Å². The zero-order chi connectivity index (χ0) is 24.1. The predicted octanol–water partition coefficient (Wildman–Crippen LogP) is 4.63. The lowest BCUT2D eigenvalue weighted by molar-refractivity contribution is -0.132. The summed E-state index contributed by atoms with van der Waals surface area (Å²) in [5.74, 6) is 0.611. The average molecular weight is 481 g/mol. The highest BCUT2D eigenvalue weighted by atomic mass is 32.2. The van der Waals surface area contributed by atoms with Gasteiger partial charge in [0, 0.05) is 13.1 Å². The Hall–Kier alpha value is -3.26. The van der Waals surface area contributed by atoms with E-state index in [1.165, 1.54) is 4.90 Å². The summed E-state index contributed by atoms with van der Waals surface area (Å²) < 4.78 is 11.5. The van der Waals surface area contributed by atoms with E-state index in [4.69, 9.17) is 9.47 Å². The molecule has 2 heterocycles. The van der Waals surface area contributed by atoms with E-state index in [1.54, 1.807) is 29.2 Å². The number of benzene rings is 2. The number of rotatable bonds is 8. The van der Waals surface area contributed by atoms with Crippen LogP contribution in [0.2, 0.25) is 0 Å². The number of imide groups is 1. The van der Waals surface area contributed by atoms with Gasteiger partial charge in [0.15, 0.2) is 18.1 Å². The van der Waals surface area contributed by atoms with Crippen LogP contribution in [-0.4, -0.2) is 53.2 Å². The van der Waals surface area contributed by atoms with Crippen molar-refractivity contribution in [2.45, 2.75) is 33.2 Å². The van der Waals surface area contributed by atoms with E-state index in [2.05, 4.69) is 0 Å². The molecule has 0 aliphatic carbocycles. The van der Waals surface area contributed by atoms with E-state index >= 15 is 0 Å². The van der Waals surface area contributed by atoms with Crippen molar-refractivity contribution >= 4 is 34.9 Å². The van der Waals surface area contributed by atoms with Gasteiger partial charge in [-0.15, -0.1) is 0 Å². The van der Waals surface area contributed by atoms with Crippen molar-refractivity contribution in [1.29, 1.82) is 0 Å². The molecule has 2 fully saturated rings.